The molecule has 0 fully saturated rings. The highest BCUT2D eigenvalue weighted by Gasteiger charge is 2.09. The molecule has 0 radical (unpaired) electrons. The first-order valence-electron chi connectivity index (χ1n) is 8.80. The van der Waals surface area contributed by atoms with Gasteiger partial charge in [-0.2, -0.15) is 0 Å². The van der Waals surface area contributed by atoms with Crippen LogP contribution in [0.1, 0.15) is 23.9 Å². The largest absolute Gasteiger partial charge is 0.492 e. The highest BCUT2D eigenvalue weighted by Crippen LogP contribution is 2.15. The highest BCUT2D eigenvalue weighted by molar-refractivity contribution is 14.0. The van der Waals surface area contributed by atoms with Gasteiger partial charge in [-0.1, -0.05) is 16.8 Å². The molecule has 0 bridgehead atoms. The number of aryl methyl sites for hydroxylation is 2. The summed E-state index contributed by atoms with van der Waals surface area (Å²) in [6.07, 6.45) is 0.811. The van der Waals surface area contributed by atoms with Crippen molar-refractivity contribution in [3.8, 4) is 5.75 Å². The minimum Gasteiger partial charge on any atom is -0.492 e. The molecular weight excluding hydrogens is 479 g/mol. The lowest BCUT2D eigenvalue weighted by atomic mass is 10.1. The molecule has 2 rings (SSSR count). The van der Waals surface area contributed by atoms with E-state index in [1.165, 1.54) is 0 Å². The van der Waals surface area contributed by atoms with E-state index < -0.39 is 0 Å². The lowest BCUT2D eigenvalue weighted by Gasteiger charge is -2.22. The Labute approximate surface area is 183 Å². The number of rotatable bonds is 8. The molecule has 0 amide bonds. The Balaban J connectivity index is 0.00000364. The van der Waals surface area contributed by atoms with Crippen molar-refractivity contribution < 1.29 is 9.26 Å². The van der Waals surface area contributed by atoms with Gasteiger partial charge in [-0.3, -0.25) is 4.99 Å². The molecule has 0 atom stereocenters. The molecule has 150 valence electrons. The molecule has 0 unspecified atom stereocenters. The van der Waals surface area contributed by atoms with Crippen molar-refractivity contribution in [2.45, 2.75) is 27.2 Å². The van der Waals surface area contributed by atoms with Gasteiger partial charge < -0.3 is 19.5 Å². The SMILES string of the molecule is CCNC(=NCCc1c(C)noc1C)N(C)CCOc1ccc(Cl)cc1.I. The quantitative estimate of drug-likeness (QED) is 0.332. The number of likely N-dealkylation sites (N-methyl/N-ethyl adjacent to an activating group) is 1. The molecule has 8 heteroatoms. The summed E-state index contributed by atoms with van der Waals surface area (Å²) in [6, 6.07) is 7.37. The maximum atomic E-state index is 5.88. The molecule has 2 aromatic rings. The molecule has 27 heavy (non-hydrogen) atoms. The van der Waals surface area contributed by atoms with Crippen LogP contribution in [0.5, 0.6) is 5.75 Å². The van der Waals surface area contributed by atoms with Gasteiger partial charge >= 0.3 is 0 Å². The van der Waals surface area contributed by atoms with E-state index in [0.717, 1.165) is 48.2 Å². The van der Waals surface area contributed by atoms with Crippen molar-refractivity contribution in [1.29, 1.82) is 0 Å². The monoisotopic (exact) mass is 506 g/mol. The fraction of sp³-hybridized carbons (Fsp3) is 0.474. The van der Waals surface area contributed by atoms with Crippen LogP contribution in [0, 0.1) is 13.8 Å². The number of aromatic nitrogens is 1. The van der Waals surface area contributed by atoms with E-state index in [9.17, 15) is 0 Å². The number of aliphatic imine (C=N–C) groups is 1. The van der Waals surface area contributed by atoms with E-state index in [2.05, 4.69) is 22.3 Å². The summed E-state index contributed by atoms with van der Waals surface area (Å²) in [6.45, 7) is 8.72. The number of ether oxygens (including phenoxy) is 1. The number of hydrogen-bond donors (Lipinski definition) is 1. The first-order valence-corrected chi connectivity index (χ1v) is 9.18. The van der Waals surface area contributed by atoms with Crippen LogP contribution in [0.3, 0.4) is 0 Å². The van der Waals surface area contributed by atoms with Crippen LogP contribution in [-0.2, 0) is 6.42 Å². The second-order valence-electron chi connectivity index (χ2n) is 6.01. The summed E-state index contributed by atoms with van der Waals surface area (Å²) in [5.41, 5.74) is 2.07. The minimum absolute atomic E-state index is 0. The molecule has 0 spiro atoms. The molecule has 6 nitrogen and oxygen atoms in total. The van der Waals surface area contributed by atoms with Crippen LogP contribution in [0.15, 0.2) is 33.8 Å². The average molecular weight is 507 g/mol. The molecule has 0 aliphatic carbocycles. The molecule has 0 aliphatic rings. The number of nitrogens with one attached hydrogen (secondary N) is 1. The number of nitrogens with zero attached hydrogens (tertiary/aromatic N) is 3. The van der Waals surface area contributed by atoms with Gasteiger partial charge in [-0.05, 0) is 51.5 Å². The summed E-state index contributed by atoms with van der Waals surface area (Å²) in [7, 11) is 2.00. The lowest BCUT2D eigenvalue weighted by Crippen LogP contribution is -2.41. The zero-order valence-corrected chi connectivity index (χ0v) is 19.4. The second-order valence-corrected chi connectivity index (χ2v) is 6.45. The van der Waals surface area contributed by atoms with Gasteiger partial charge in [0.25, 0.3) is 0 Å². The van der Waals surface area contributed by atoms with Crippen LogP contribution in [0.2, 0.25) is 5.02 Å². The number of halogens is 2. The number of hydrogen-bond acceptors (Lipinski definition) is 4. The Kier molecular flexibility index (Phi) is 10.5. The Morgan fingerprint density at radius 1 is 1.30 bits per heavy atom. The van der Waals surface area contributed by atoms with Crippen LogP contribution in [-0.4, -0.2) is 49.3 Å². The normalized spacial score (nSPS) is 11.1. The Morgan fingerprint density at radius 3 is 2.59 bits per heavy atom. The van der Waals surface area contributed by atoms with E-state index in [4.69, 9.17) is 25.9 Å². The number of benzene rings is 1. The predicted molar refractivity (Wildman–Crippen MR) is 121 cm³/mol. The first kappa shape index (κ1) is 23.6. The summed E-state index contributed by atoms with van der Waals surface area (Å²) in [5.74, 6) is 2.54. The number of guanidine groups is 1. The van der Waals surface area contributed by atoms with E-state index >= 15 is 0 Å². The standard InChI is InChI=1S/C19H27ClN4O2.HI/c1-5-21-19(22-11-10-18-14(2)23-26-15(18)3)24(4)12-13-25-17-8-6-16(20)7-9-17;/h6-9H,5,10-13H2,1-4H3,(H,21,22);1H. The Hall–Kier alpha value is -1.48. The third kappa shape index (κ3) is 7.57. The Bertz CT molecular complexity index is 699. The molecule has 1 heterocycles. The fourth-order valence-corrected chi connectivity index (χ4v) is 2.67. The topological polar surface area (TPSA) is 62.9 Å². The van der Waals surface area contributed by atoms with E-state index in [1.54, 1.807) is 0 Å². The van der Waals surface area contributed by atoms with E-state index in [-0.39, 0.29) is 24.0 Å². The lowest BCUT2D eigenvalue weighted by molar-refractivity contribution is 0.281. The predicted octanol–water partition coefficient (Wildman–Crippen LogP) is 4.08. The summed E-state index contributed by atoms with van der Waals surface area (Å²) < 4.78 is 11.0. The molecule has 0 saturated heterocycles. The van der Waals surface area contributed by atoms with Crippen LogP contribution < -0.4 is 10.1 Å². The van der Waals surface area contributed by atoms with Crippen molar-refractivity contribution in [2.75, 3.05) is 33.3 Å². The smallest absolute Gasteiger partial charge is 0.193 e. The van der Waals surface area contributed by atoms with Crippen LogP contribution in [0.4, 0.5) is 0 Å². The van der Waals surface area contributed by atoms with Gasteiger partial charge in [0.2, 0.25) is 0 Å². The van der Waals surface area contributed by atoms with Crippen molar-refractivity contribution in [3.63, 3.8) is 0 Å². The average Bonchev–Trinajstić information content (AvgIpc) is 2.94. The zero-order chi connectivity index (χ0) is 18.9. The van der Waals surface area contributed by atoms with E-state index in [0.29, 0.717) is 18.2 Å². The molecule has 1 aromatic carbocycles. The molecule has 1 N–H and O–H groups in total. The maximum Gasteiger partial charge on any atom is 0.193 e. The molecule has 0 aliphatic heterocycles. The van der Waals surface area contributed by atoms with Gasteiger partial charge in [0.1, 0.15) is 18.1 Å². The molecule has 0 saturated carbocycles. The van der Waals surface area contributed by atoms with Crippen LogP contribution >= 0.6 is 35.6 Å². The van der Waals surface area contributed by atoms with Gasteiger partial charge in [-0.25, -0.2) is 0 Å². The summed E-state index contributed by atoms with van der Waals surface area (Å²) in [5, 5.41) is 8.00. The van der Waals surface area contributed by atoms with E-state index in [1.807, 2.05) is 45.2 Å². The molecular formula is C19H28ClIN4O2. The summed E-state index contributed by atoms with van der Waals surface area (Å²) >= 11 is 5.88. The van der Waals surface area contributed by atoms with Crippen LogP contribution in [0.25, 0.3) is 0 Å². The highest BCUT2D eigenvalue weighted by atomic mass is 127. The zero-order valence-electron chi connectivity index (χ0n) is 16.3. The van der Waals surface area contributed by atoms with Gasteiger partial charge in [0.15, 0.2) is 5.96 Å². The Morgan fingerprint density at radius 2 is 2.00 bits per heavy atom. The minimum atomic E-state index is 0. The van der Waals surface area contributed by atoms with Crippen molar-refractivity contribution in [2.24, 2.45) is 4.99 Å². The fourth-order valence-electron chi connectivity index (χ4n) is 2.54. The van der Waals surface area contributed by atoms with Crippen molar-refractivity contribution in [1.82, 2.24) is 15.4 Å². The van der Waals surface area contributed by atoms with Gasteiger partial charge in [0, 0.05) is 30.7 Å². The third-order valence-electron chi connectivity index (χ3n) is 4.01. The first-order chi connectivity index (χ1) is 12.5. The second kappa shape index (κ2) is 12.1. The molecule has 1 aromatic heterocycles. The van der Waals surface area contributed by atoms with Gasteiger partial charge in [0.05, 0.1) is 12.2 Å². The summed E-state index contributed by atoms with van der Waals surface area (Å²) in [4.78, 5) is 6.76. The third-order valence-corrected chi connectivity index (χ3v) is 4.26. The van der Waals surface area contributed by atoms with Gasteiger partial charge in [-0.15, -0.1) is 24.0 Å². The van der Waals surface area contributed by atoms with Crippen molar-refractivity contribution >= 4 is 41.5 Å². The maximum absolute atomic E-state index is 5.88. The van der Waals surface area contributed by atoms with Crippen molar-refractivity contribution in [3.05, 3.63) is 46.3 Å².